The number of benzene rings is 8. The molecule has 4 aromatic heterocycles. The van der Waals surface area contributed by atoms with E-state index in [-0.39, 0.29) is 22.0 Å². The van der Waals surface area contributed by atoms with Gasteiger partial charge in [0.05, 0.1) is 0 Å². The van der Waals surface area contributed by atoms with E-state index < -0.39 is 32.3 Å². The van der Waals surface area contributed by atoms with Crippen molar-refractivity contribution in [3.05, 3.63) is 308 Å². The maximum Gasteiger partial charge on any atom is 0.212 e. The van der Waals surface area contributed by atoms with E-state index in [1.165, 1.54) is 89.3 Å². The van der Waals surface area contributed by atoms with Crippen LogP contribution in [0.3, 0.4) is 0 Å². The molecule has 0 aliphatic carbocycles. The molecule has 524 valence electrons. The number of hydrogen-bond donors (Lipinski definition) is 0. The molecule has 0 bridgehead atoms. The molecule has 0 saturated heterocycles. The van der Waals surface area contributed by atoms with E-state index in [0.29, 0.717) is 16.7 Å². The van der Waals surface area contributed by atoms with Crippen molar-refractivity contribution in [1.82, 2.24) is 0 Å². The van der Waals surface area contributed by atoms with Gasteiger partial charge in [-0.25, -0.2) is 18.3 Å². The fraction of sp³-hybridized carbons (Fsp3) is 0.306. The maximum absolute atomic E-state index is 8.54. The van der Waals surface area contributed by atoms with Crippen LogP contribution in [0, 0.1) is 82.9 Å². The minimum Gasteiger partial charge on any atom is -0.201 e. The van der Waals surface area contributed by atoms with Crippen molar-refractivity contribution >= 4 is 0 Å². The largest absolute Gasteiger partial charge is 0.212 e. The molecular weight excluding hydrogens is 1230 g/mol. The second-order valence-corrected chi connectivity index (χ2v) is 30.5. The summed E-state index contributed by atoms with van der Waals surface area (Å²) < 4.78 is 97.2. The Kier molecular flexibility index (Phi) is 19.6. The first-order chi connectivity index (χ1) is 52.4. The van der Waals surface area contributed by atoms with Gasteiger partial charge in [0.1, 0.15) is 28.2 Å². The number of nitrogens with zero attached hydrogens (tertiary/aromatic N) is 4. The van der Waals surface area contributed by atoms with Crippen LogP contribution in [-0.2, 0) is 39.0 Å². The van der Waals surface area contributed by atoms with Crippen molar-refractivity contribution in [2.24, 2.45) is 28.2 Å². The predicted molar refractivity (Wildman–Crippen MR) is 436 cm³/mol. The number of pyridine rings is 4. The fourth-order valence-electron chi connectivity index (χ4n) is 14.3. The van der Waals surface area contributed by atoms with Gasteiger partial charge in [-0.2, -0.15) is 0 Å². The molecule has 0 N–H and O–H groups in total. The summed E-state index contributed by atoms with van der Waals surface area (Å²) in [5, 5.41) is 0. The van der Waals surface area contributed by atoms with Gasteiger partial charge in [0.15, 0.2) is 24.8 Å². The van der Waals surface area contributed by atoms with Gasteiger partial charge in [0.25, 0.3) is 0 Å². The summed E-state index contributed by atoms with van der Waals surface area (Å²) in [6.45, 7) is 33.1. The molecule has 8 aromatic carbocycles. The van der Waals surface area contributed by atoms with Gasteiger partial charge < -0.3 is 0 Å². The van der Waals surface area contributed by atoms with E-state index in [9.17, 15) is 0 Å². The lowest BCUT2D eigenvalue weighted by molar-refractivity contribution is -0.661. The molecule has 0 saturated carbocycles. The molecule has 0 unspecified atom stereocenters. The Morgan fingerprint density at radius 3 is 0.892 bits per heavy atom. The van der Waals surface area contributed by atoms with Gasteiger partial charge in [-0.05, 0) is 241 Å². The number of aromatic nitrogens is 4. The van der Waals surface area contributed by atoms with E-state index in [1.54, 1.807) is 49.9 Å². The van der Waals surface area contributed by atoms with Gasteiger partial charge >= 0.3 is 0 Å². The van der Waals surface area contributed by atoms with Gasteiger partial charge in [0, 0.05) is 83.9 Å². The molecule has 4 heteroatoms. The summed E-state index contributed by atoms with van der Waals surface area (Å²) in [6, 6.07) is 65.6. The van der Waals surface area contributed by atoms with Crippen molar-refractivity contribution in [2.45, 2.75) is 175 Å². The van der Waals surface area contributed by atoms with E-state index >= 15 is 0 Å². The standard InChI is InChI=1S/2C25H30N.2C24H28N/c1-17-13-18(2)22(14-21(17)20-11-9-8-10-12-20)24-15-23(25(4,5)6)19(3)16-26(24)7;1-17-13-18(2)22(15-21(17)20-11-9-8-10-12-20)24-14-19(3)23(16-26(24)7)25(4,5)6;1-16(2)21-14-24(25(6)15-19(21)5)23-13-22(17(3)12-18(23)4)20-10-8-7-9-11-20;1-16(2)23-15-25(6)24(13-19(23)5)22-14-21(17(3)12-18(22)4)20-10-8-7-9-11-20/h2*8-16H,1-7H3;2*7-16H,1-6H3/q4*+1/i;;3D3,5D3,16D;3D3,16D. The molecule has 0 aliphatic heterocycles. The average Bonchev–Trinajstić information content (AvgIpc) is 0.774. The van der Waals surface area contributed by atoms with Crippen molar-refractivity contribution in [3.8, 4) is 89.5 Å². The summed E-state index contributed by atoms with van der Waals surface area (Å²) in [4.78, 5) is 0. The topological polar surface area (TPSA) is 15.5 Å². The first-order valence-electron chi connectivity index (χ1n) is 41.2. The third-order valence-electron chi connectivity index (χ3n) is 19.7. The lowest BCUT2D eigenvalue weighted by Crippen LogP contribution is -2.34. The summed E-state index contributed by atoms with van der Waals surface area (Å²) in [5.41, 5.74) is 32.9. The highest BCUT2D eigenvalue weighted by atomic mass is 14.9. The summed E-state index contributed by atoms with van der Waals surface area (Å²) in [5.74, 6) is -1.81. The molecule has 12 aromatic rings. The highest BCUT2D eigenvalue weighted by Gasteiger charge is 2.27. The van der Waals surface area contributed by atoms with Crippen LogP contribution in [-0.4, -0.2) is 0 Å². The lowest BCUT2D eigenvalue weighted by Gasteiger charge is -2.22. The monoisotopic (exact) mass is 1360 g/mol. The molecule has 0 spiro atoms. The number of rotatable bonds is 10. The highest BCUT2D eigenvalue weighted by Crippen LogP contribution is 2.38. The van der Waals surface area contributed by atoms with Crippen LogP contribution in [0.5, 0.6) is 0 Å². The van der Waals surface area contributed by atoms with Crippen LogP contribution < -0.4 is 18.3 Å². The minimum absolute atomic E-state index is 0.133. The molecule has 4 nitrogen and oxygen atoms in total. The van der Waals surface area contributed by atoms with Crippen LogP contribution in [0.15, 0.2) is 219 Å². The second-order valence-electron chi connectivity index (χ2n) is 30.5. The van der Waals surface area contributed by atoms with Gasteiger partial charge in [-0.1, -0.05) is 215 Å². The highest BCUT2D eigenvalue weighted by molar-refractivity contribution is 5.80. The first kappa shape index (κ1) is 62.2. The van der Waals surface area contributed by atoms with E-state index in [1.807, 2.05) is 125 Å². The van der Waals surface area contributed by atoms with Crippen molar-refractivity contribution in [1.29, 1.82) is 0 Å². The molecule has 12 rings (SSSR count). The van der Waals surface area contributed by atoms with Gasteiger partial charge in [-0.15, -0.1) is 0 Å². The van der Waals surface area contributed by atoms with Crippen LogP contribution in [0.25, 0.3) is 89.5 Å². The molecule has 0 amide bonds. The quantitative estimate of drug-likeness (QED) is 0.121. The third-order valence-corrected chi connectivity index (χ3v) is 19.7. The van der Waals surface area contributed by atoms with Crippen LogP contribution in [0.2, 0.25) is 0 Å². The molecular formula is C98H116N4+4. The second kappa shape index (κ2) is 32.1. The molecule has 0 radical (unpaired) electrons. The van der Waals surface area contributed by atoms with Crippen molar-refractivity contribution < 1.29 is 33.3 Å². The summed E-state index contributed by atoms with van der Waals surface area (Å²) in [7, 11) is 8.05. The van der Waals surface area contributed by atoms with Gasteiger partial charge in [-0.3, -0.25) is 0 Å². The minimum atomic E-state index is -2.35. The lowest BCUT2D eigenvalue weighted by atomic mass is 9.83. The Hall–Kier alpha value is -9.64. The van der Waals surface area contributed by atoms with Crippen LogP contribution in [0.4, 0.5) is 0 Å². The maximum atomic E-state index is 8.54. The van der Waals surface area contributed by atoms with Gasteiger partial charge in [0.2, 0.25) is 22.8 Å². The third kappa shape index (κ3) is 17.6. The summed E-state index contributed by atoms with van der Waals surface area (Å²) in [6.07, 6.45) is 8.13. The van der Waals surface area contributed by atoms with E-state index in [0.717, 1.165) is 61.5 Å². The predicted octanol–water partition coefficient (Wildman–Crippen LogP) is 23.9. The SMILES string of the molecule is Cc1cc(C)c(-c2cc(C(C)(C)C)c(C)c[n+]2C)cc1-c1ccccc1.Cc1cc(C)c(-c2cc(C)c(C(C)(C)C)c[n+]2C)cc1-c1ccccc1.[2H]C([2H])([2H])c1cc(C)c(-c2cc(C([2H])(C)C)c(C([2H])([2H])[2H])c[n+]2C)cc1-c1ccccc1.[2H]C([2H])([2H])c1cc(C)c(-c2cc(C)c(C([2H])(C)C)c[n+]2C)cc1-c1ccccc1. The number of hydrogen-bond acceptors (Lipinski definition) is 0. The van der Waals surface area contributed by atoms with E-state index in [4.69, 9.17) is 15.1 Å². The Bertz CT molecular complexity index is 5440. The molecule has 0 atom stereocenters. The zero-order valence-corrected chi connectivity index (χ0v) is 65.1. The van der Waals surface area contributed by atoms with Crippen molar-refractivity contribution in [2.75, 3.05) is 0 Å². The van der Waals surface area contributed by atoms with Crippen LogP contribution in [0.1, 0.15) is 185 Å². The van der Waals surface area contributed by atoms with E-state index in [2.05, 4.69) is 222 Å². The van der Waals surface area contributed by atoms with Crippen molar-refractivity contribution in [3.63, 3.8) is 0 Å². The first-order valence-corrected chi connectivity index (χ1v) is 35.7. The molecule has 0 aliphatic rings. The Labute approximate surface area is 630 Å². The summed E-state index contributed by atoms with van der Waals surface area (Å²) >= 11 is 0. The molecule has 4 heterocycles. The smallest absolute Gasteiger partial charge is 0.201 e. The fourth-order valence-corrected chi connectivity index (χ4v) is 14.3. The molecule has 0 fully saturated rings. The average molecular weight is 1360 g/mol. The normalized spacial score (nSPS) is 13.6. The Morgan fingerprint density at radius 2 is 0.549 bits per heavy atom. The zero-order chi connectivity index (χ0) is 83.7. The van der Waals surface area contributed by atoms with Crippen LogP contribution >= 0.6 is 0 Å². The Morgan fingerprint density at radius 1 is 0.265 bits per heavy atom. The molecule has 102 heavy (non-hydrogen) atoms. The number of aryl methyl sites for hydroxylation is 16. The zero-order valence-electron chi connectivity index (χ0n) is 76.1. The Balaban J connectivity index is 0.000000173.